The van der Waals surface area contributed by atoms with Gasteiger partial charge in [-0.3, -0.25) is 38.6 Å². The zero-order valence-electron chi connectivity index (χ0n) is 41.2. The number of ketones is 2. The van der Waals surface area contributed by atoms with Crippen LogP contribution < -0.4 is 4.90 Å². The van der Waals surface area contributed by atoms with Crippen molar-refractivity contribution in [1.82, 2.24) is 9.80 Å². The molecule has 1 aliphatic carbocycles. The number of anilines is 1. The summed E-state index contributed by atoms with van der Waals surface area (Å²) in [5, 5.41) is 0. The first kappa shape index (κ1) is 56.2. The molecule has 1 heterocycles. The minimum atomic E-state index is -1.56. The molecule has 9 nitrogen and oxygen atoms in total. The first-order valence-electron chi connectivity index (χ1n) is 22.0. The summed E-state index contributed by atoms with van der Waals surface area (Å²) in [6, 6.07) is 10.5. The molecule has 352 valence electrons. The number of Topliss-reactive ketones (excluding diaryl/α,β-unsaturated/α-hetero) is 2. The molecule has 1 aliphatic heterocycles. The number of aryl methyl sites for hydroxylation is 2. The van der Waals surface area contributed by atoms with Crippen molar-refractivity contribution in [2.24, 2.45) is 0 Å². The molecule has 0 radical (unpaired) electrons. The predicted molar refractivity (Wildman–Crippen MR) is 276 cm³/mol. The van der Waals surface area contributed by atoms with Crippen LogP contribution in [0.4, 0.5) is 5.69 Å². The van der Waals surface area contributed by atoms with E-state index in [1.165, 1.54) is 13.8 Å². The Morgan fingerprint density at radius 3 is 1.22 bits per heavy atom. The molecule has 0 bridgehead atoms. The lowest BCUT2D eigenvalue weighted by atomic mass is 9.92. The number of carbonyl (C=O) groups is 6. The van der Waals surface area contributed by atoms with Crippen LogP contribution in [0.3, 0.4) is 0 Å². The molecule has 2 fully saturated rings. The van der Waals surface area contributed by atoms with Crippen LogP contribution in [0.2, 0.25) is 0 Å². The maximum Gasteiger partial charge on any atom is 0.257 e. The van der Waals surface area contributed by atoms with E-state index in [2.05, 4.69) is 215 Å². The third kappa shape index (κ3) is 16.6. The number of hydrogen-bond donors (Lipinski definition) is 0. The van der Waals surface area contributed by atoms with Gasteiger partial charge in [-0.1, -0.05) is 61.4 Å². The molecular formula is C67H33N3O6. The Morgan fingerprint density at radius 2 is 0.842 bits per heavy atom. The van der Waals surface area contributed by atoms with Gasteiger partial charge in [0.15, 0.2) is 11.6 Å². The van der Waals surface area contributed by atoms with Gasteiger partial charge >= 0.3 is 0 Å². The summed E-state index contributed by atoms with van der Waals surface area (Å²) in [7, 11) is 0. The maximum atomic E-state index is 14.4. The number of imide groups is 1. The molecule has 0 aromatic heterocycles. The maximum absolute atomic E-state index is 14.4. The van der Waals surface area contributed by atoms with Crippen molar-refractivity contribution in [2.75, 3.05) is 4.90 Å². The van der Waals surface area contributed by atoms with Gasteiger partial charge in [-0.25, -0.2) is 4.90 Å². The topological polar surface area (TPSA) is 112 Å². The second-order valence-electron chi connectivity index (χ2n) is 15.0. The smallest absolute Gasteiger partial charge is 0.257 e. The lowest BCUT2D eigenvalue weighted by molar-refractivity contribution is -0.140. The molecule has 1 saturated heterocycles. The van der Waals surface area contributed by atoms with E-state index in [0.717, 1.165) is 14.7 Å². The number of benzene rings is 2. The third-order valence-electron chi connectivity index (χ3n) is 9.76. The van der Waals surface area contributed by atoms with E-state index in [9.17, 15) is 28.8 Å². The van der Waals surface area contributed by atoms with E-state index in [0.29, 0.717) is 22.4 Å². The largest absolute Gasteiger partial charge is 0.298 e. The van der Waals surface area contributed by atoms with Crippen molar-refractivity contribution in [1.29, 1.82) is 0 Å². The second-order valence-corrected chi connectivity index (χ2v) is 15.0. The fraction of sp³-hybridized carbons (Fsp3) is 0.134. The first-order valence-corrected chi connectivity index (χ1v) is 22.0. The van der Waals surface area contributed by atoms with E-state index in [1.54, 1.807) is 62.4 Å². The van der Waals surface area contributed by atoms with Gasteiger partial charge in [-0.2, -0.15) is 0 Å². The highest BCUT2D eigenvalue weighted by Gasteiger charge is 2.52. The van der Waals surface area contributed by atoms with Crippen LogP contribution in [0.1, 0.15) is 49.3 Å². The Bertz CT molecular complexity index is 4290. The lowest BCUT2D eigenvalue weighted by Crippen LogP contribution is -2.53. The number of hydrogen-bond acceptors (Lipinski definition) is 6. The molecule has 3 atom stereocenters. The second kappa shape index (κ2) is 30.3. The summed E-state index contributed by atoms with van der Waals surface area (Å²) >= 11 is 0. The van der Waals surface area contributed by atoms with Gasteiger partial charge in [0.05, 0.1) is 12.1 Å². The Hall–Kier alpha value is -12.4. The zero-order chi connectivity index (χ0) is 55.1. The lowest BCUT2D eigenvalue weighted by Gasteiger charge is -2.37. The highest BCUT2D eigenvalue weighted by molar-refractivity contribution is 6.24. The zero-order valence-corrected chi connectivity index (χ0v) is 41.2. The molecule has 0 spiro atoms. The molecule has 3 unspecified atom stereocenters. The fourth-order valence-corrected chi connectivity index (χ4v) is 6.59. The summed E-state index contributed by atoms with van der Waals surface area (Å²) < 4.78 is 0. The normalized spacial score (nSPS) is 12.9. The number of nitrogens with zero attached hydrogens (tertiary/aromatic N) is 3. The first-order chi connectivity index (χ1) is 36.8. The number of amides is 4. The SMILES string of the molecule is C=C=C=C=C=C=C=C=C=C=C=C=C=C=C=C=C=C=C=C=C=C=C=C=C=C=C=C=C=C=C=C=C=C=C=C(N(C(=O)C(=C)C)C1CC(=O)C(c2ccccc2C)C1=O)N(C(=O)C(=C)C)C1CC(=O)N(c2ccccc2C)C1=O. The summed E-state index contributed by atoms with van der Waals surface area (Å²) in [5.74, 6) is -6.09. The summed E-state index contributed by atoms with van der Waals surface area (Å²) in [6.07, 6.45) is -0.979. The van der Waals surface area contributed by atoms with Crippen LogP contribution in [0.5, 0.6) is 0 Å². The molecule has 76 heavy (non-hydrogen) atoms. The third-order valence-corrected chi connectivity index (χ3v) is 9.76. The Balaban J connectivity index is 1.86. The molecule has 4 amide bonds. The van der Waals surface area contributed by atoms with Crippen molar-refractivity contribution in [3.05, 3.63) is 297 Å². The minimum absolute atomic E-state index is 0.0883. The number of carbonyl (C=O) groups excluding carboxylic acids is 6. The summed E-state index contributed by atoms with van der Waals surface area (Å²) in [4.78, 5) is 87.6. The van der Waals surface area contributed by atoms with Crippen LogP contribution in [0, 0.1) is 13.8 Å². The molecule has 9 heteroatoms. The Morgan fingerprint density at radius 1 is 0.487 bits per heavy atom. The molecule has 2 aromatic carbocycles. The fourth-order valence-electron chi connectivity index (χ4n) is 6.59. The highest BCUT2D eigenvalue weighted by Crippen LogP contribution is 2.37. The quantitative estimate of drug-likeness (QED) is 0.113. The summed E-state index contributed by atoms with van der Waals surface area (Å²) in [5.41, 5.74) is 86.5. The molecule has 0 N–H and O–H groups in total. The monoisotopic (exact) mass is 975 g/mol. The number of rotatable bonds is 8. The summed E-state index contributed by atoms with van der Waals surface area (Å²) in [6.45, 7) is 17.1. The van der Waals surface area contributed by atoms with E-state index >= 15 is 0 Å². The molecular weight excluding hydrogens is 943 g/mol. The molecule has 2 aliphatic rings. The molecule has 4 rings (SSSR count). The van der Waals surface area contributed by atoms with Gasteiger partial charge < -0.3 is 0 Å². The standard InChI is InChI=1S/C67H33N3O6/c1-8-9-10-11-12-13-14-15-16-17-18-19-20-21-22-23-24-25-26-27-28-29-30-31-32-33-34-35-36-37-38-39-40-49-61(68(65(74)52(2)3)58-50-60(71)63(64(58)73)56-47-43-41-45-54(56)6)69(66(75)53(4)5)59-51-62(72)70(67(59)76)57-48-44-42-46-55(57)7/h41-48,58-59,63H,1-2,4,50-51H2,3,5-7H3. The van der Waals surface area contributed by atoms with E-state index in [-0.39, 0.29) is 11.1 Å². The Kier molecular flexibility index (Phi) is 22.4. The van der Waals surface area contributed by atoms with Crippen LogP contribution in [-0.4, -0.2) is 57.1 Å². The molecule has 2 aromatic rings. The van der Waals surface area contributed by atoms with Gasteiger partial charge in [0.1, 0.15) is 23.8 Å². The Labute approximate surface area is 437 Å². The average molecular weight is 976 g/mol. The number of para-hydroxylation sites is 1. The van der Waals surface area contributed by atoms with Crippen molar-refractivity contribution in [3.63, 3.8) is 0 Å². The van der Waals surface area contributed by atoms with E-state index in [4.69, 9.17) is 0 Å². The van der Waals surface area contributed by atoms with Gasteiger partial charge in [0, 0.05) is 109 Å². The van der Waals surface area contributed by atoms with E-state index < -0.39 is 71.9 Å². The van der Waals surface area contributed by atoms with Crippen LogP contribution >= 0.6 is 0 Å². The van der Waals surface area contributed by atoms with E-state index in [1.807, 2.05) is 0 Å². The van der Waals surface area contributed by atoms with Gasteiger partial charge in [-0.15, -0.1) is 0 Å². The van der Waals surface area contributed by atoms with Crippen LogP contribution in [0.15, 0.2) is 280 Å². The van der Waals surface area contributed by atoms with Crippen LogP contribution in [-0.2, 0) is 28.8 Å². The van der Waals surface area contributed by atoms with Crippen LogP contribution in [0.25, 0.3) is 0 Å². The van der Waals surface area contributed by atoms with Crippen molar-refractivity contribution < 1.29 is 28.8 Å². The van der Waals surface area contributed by atoms with Gasteiger partial charge in [-0.05, 0) is 154 Å². The molecule has 1 saturated carbocycles. The van der Waals surface area contributed by atoms with Gasteiger partial charge in [0.2, 0.25) is 5.91 Å². The average Bonchev–Trinajstić information content (AvgIpc) is 3.86. The highest BCUT2D eigenvalue weighted by atomic mass is 16.2. The van der Waals surface area contributed by atoms with Gasteiger partial charge in [0.25, 0.3) is 17.7 Å². The predicted octanol–water partition coefficient (Wildman–Crippen LogP) is 9.18. The van der Waals surface area contributed by atoms with Crippen molar-refractivity contribution in [3.8, 4) is 0 Å². The minimum Gasteiger partial charge on any atom is -0.298 e. The van der Waals surface area contributed by atoms with Crippen molar-refractivity contribution >= 4 is 40.9 Å². The van der Waals surface area contributed by atoms with Crippen molar-refractivity contribution in [2.45, 2.75) is 58.5 Å².